The number of hydrogen-bond acceptors (Lipinski definition) is 3. The summed E-state index contributed by atoms with van der Waals surface area (Å²) in [7, 11) is 1.38. The van der Waals surface area contributed by atoms with Crippen LogP contribution in [0, 0.1) is 0 Å². The van der Waals surface area contributed by atoms with Crippen LogP contribution in [0.3, 0.4) is 0 Å². The molecule has 1 rings (SSSR count). The average Bonchev–Trinajstić information content (AvgIpc) is 2.28. The number of esters is 1. The predicted molar refractivity (Wildman–Crippen MR) is 65.6 cm³/mol. The van der Waals surface area contributed by atoms with Crippen molar-refractivity contribution < 1.29 is 14.3 Å². The second-order valence-corrected chi connectivity index (χ2v) is 4.27. The fourth-order valence-electron chi connectivity index (χ4n) is 1.27. The molecule has 0 atom stereocenters. The van der Waals surface area contributed by atoms with Crippen molar-refractivity contribution in [1.29, 1.82) is 0 Å². The van der Waals surface area contributed by atoms with Crippen molar-refractivity contribution in [2.24, 2.45) is 0 Å². The average molecular weight is 287 g/mol. The van der Waals surface area contributed by atoms with E-state index in [1.54, 1.807) is 0 Å². The topological polar surface area (TPSA) is 35.5 Å². The molecule has 0 unspecified atom stereocenters. The van der Waals surface area contributed by atoms with Gasteiger partial charge >= 0.3 is 5.97 Å². The number of hydrogen-bond donors (Lipinski definition) is 0. The Bertz CT molecular complexity index is 363. The largest absolute Gasteiger partial charge is 0.493 e. The highest BCUT2D eigenvalue weighted by molar-refractivity contribution is 9.10. The Morgan fingerprint density at radius 2 is 2.19 bits per heavy atom. The maximum absolute atomic E-state index is 11.2. The highest BCUT2D eigenvalue weighted by Crippen LogP contribution is 2.24. The standard InChI is InChI=1S/C12H15BrO3/c1-3-6-16-11-5-4-10(13)7-9(11)8-12(14)15-2/h4-5,7H,3,6,8H2,1-2H3. The Kier molecular flexibility index (Phi) is 5.32. The van der Waals surface area contributed by atoms with Crippen LogP contribution in [-0.4, -0.2) is 19.7 Å². The van der Waals surface area contributed by atoms with Crippen molar-refractivity contribution in [3.63, 3.8) is 0 Å². The summed E-state index contributed by atoms with van der Waals surface area (Å²) in [6.07, 6.45) is 1.17. The van der Waals surface area contributed by atoms with Gasteiger partial charge in [-0.2, -0.15) is 0 Å². The number of methoxy groups -OCH3 is 1. The van der Waals surface area contributed by atoms with Crippen molar-refractivity contribution >= 4 is 21.9 Å². The van der Waals surface area contributed by atoms with Crippen LogP contribution in [-0.2, 0) is 16.0 Å². The third-order valence-corrected chi connectivity index (χ3v) is 2.54. The lowest BCUT2D eigenvalue weighted by atomic mass is 10.1. The van der Waals surface area contributed by atoms with Gasteiger partial charge in [0.25, 0.3) is 0 Å². The normalized spacial score (nSPS) is 9.94. The lowest BCUT2D eigenvalue weighted by molar-refractivity contribution is -0.139. The lowest BCUT2D eigenvalue weighted by Gasteiger charge is -2.10. The minimum atomic E-state index is -0.264. The number of carbonyl (C=O) groups excluding carboxylic acids is 1. The monoisotopic (exact) mass is 286 g/mol. The molecule has 16 heavy (non-hydrogen) atoms. The molecule has 0 bridgehead atoms. The highest BCUT2D eigenvalue weighted by Gasteiger charge is 2.09. The number of ether oxygens (including phenoxy) is 2. The van der Waals surface area contributed by atoms with Crippen LogP contribution in [0.15, 0.2) is 22.7 Å². The van der Waals surface area contributed by atoms with Crippen LogP contribution >= 0.6 is 15.9 Å². The first-order chi connectivity index (χ1) is 7.67. The summed E-state index contributed by atoms with van der Waals surface area (Å²) in [5.41, 5.74) is 0.842. The molecule has 4 heteroatoms. The van der Waals surface area contributed by atoms with E-state index in [0.29, 0.717) is 6.61 Å². The molecule has 0 heterocycles. The first-order valence-electron chi connectivity index (χ1n) is 5.15. The Hall–Kier alpha value is -1.03. The van der Waals surface area contributed by atoms with Gasteiger partial charge in [0, 0.05) is 10.0 Å². The van der Waals surface area contributed by atoms with E-state index in [-0.39, 0.29) is 12.4 Å². The third-order valence-electron chi connectivity index (χ3n) is 2.05. The zero-order valence-electron chi connectivity index (χ0n) is 9.46. The zero-order chi connectivity index (χ0) is 12.0. The van der Waals surface area contributed by atoms with Gasteiger partial charge in [-0.3, -0.25) is 4.79 Å². The molecule has 1 aromatic rings. The fourth-order valence-corrected chi connectivity index (χ4v) is 1.68. The maximum Gasteiger partial charge on any atom is 0.310 e. The molecule has 0 saturated carbocycles. The van der Waals surface area contributed by atoms with E-state index in [2.05, 4.69) is 20.7 Å². The predicted octanol–water partition coefficient (Wildman–Crippen LogP) is 2.95. The Labute approximate surface area is 104 Å². The van der Waals surface area contributed by atoms with Crippen molar-refractivity contribution in [1.82, 2.24) is 0 Å². The molecule has 0 saturated heterocycles. The summed E-state index contributed by atoms with van der Waals surface area (Å²) >= 11 is 3.37. The van der Waals surface area contributed by atoms with Gasteiger partial charge < -0.3 is 9.47 Å². The molecule has 0 aliphatic carbocycles. The Morgan fingerprint density at radius 1 is 1.44 bits per heavy atom. The molecule has 0 amide bonds. The SMILES string of the molecule is CCCOc1ccc(Br)cc1CC(=O)OC. The molecular weight excluding hydrogens is 272 g/mol. The van der Waals surface area contributed by atoms with Gasteiger partial charge in [-0.05, 0) is 24.6 Å². The molecule has 0 aromatic heterocycles. The van der Waals surface area contributed by atoms with Gasteiger partial charge in [0.1, 0.15) is 5.75 Å². The summed E-state index contributed by atoms with van der Waals surface area (Å²) in [5, 5.41) is 0. The van der Waals surface area contributed by atoms with Crippen LogP contribution in [0.1, 0.15) is 18.9 Å². The van der Waals surface area contributed by atoms with Gasteiger partial charge in [-0.25, -0.2) is 0 Å². The molecule has 1 aromatic carbocycles. The van der Waals surface area contributed by atoms with E-state index in [9.17, 15) is 4.79 Å². The van der Waals surface area contributed by atoms with Crippen LogP contribution < -0.4 is 4.74 Å². The zero-order valence-corrected chi connectivity index (χ0v) is 11.0. The van der Waals surface area contributed by atoms with E-state index in [4.69, 9.17) is 4.74 Å². The van der Waals surface area contributed by atoms with Gasteiger partial charge in [-0.1, -0.05) is 22.9 Å². The molecule has 0 radical (unpaired) electrons. The Balaban J connectivity index is 2.84. The summed E-state index contributed by atoms with van der Waals surface area (Å²) in [4.78, 5) is 11.2. The first kappa shape index (κ1) is 13.0. The number of carbonyl (C=O) groups is 1. The molecule has 0 N–H and O–H groups in total. The Morgan fingerprint density at radius 3 is 2.81 bits per heavy atom. The summed E-state index contributed by atoms with van der Waals surface area (Å²) in [6, 6.07) is 5.63. The van der Waals surface area contributed by atoms with E-state index in [1.807, 2.05) is 25.1 Å². The molecule has 88 valence electrons. The summed E-state index contributed by atoms with van der Waals surface area (Å²) in [5.74, 6) is 0.481. The first-order valence-corrected chi connectivity index (χ1v) is 5.94. The van der Waals surface area contributed by atoms with E-state index >= 15 is 0 Å². The lowest BCUT2D eigenvalue weighted by Crippen LogP contribution is -2.07. The second kappa shape index (κ2) is 6.53. The summed E-state index contributed by atoms with van der Waals surface area (Å²) < 4.78 is 11.1. The highest BCUT2D eigenvalue weighted by atomic mass is 79.9. The van der Waals surface area contributed by atoms with E-state index in [0.717, 1.165) is 22.2 Å². The third kappa shape index (κ3) is 3.85. The molecule has 0 aliphatic heterocycles. The smallest absolute Gasteiger partial charge is 0.310 e. The van der Waals surface area contributed by atoms with Crippen LogP contribution in [0.5, 0.6) is 5.75 Å². The number of benzene rings is 1. The summed E-state index contributed by atoms with van der Waals surface area (Å²) in [6.45, 7) is 2.69. The van der Waals surface area contributed by atoms with Gasteiger partial charge in [-0.15, -0.1) is 0 Å². The van der Waals surface area contributed by atoms with Crippen molar-refractivity contribution in [3.05, 3.63) is 28.2 Å². The number of rotatable bonds is 5. The van der Waals surface area contributed by atoms with Crippen LogP contribution in [0.4, 0.5) is 0 Å². The van der Waals surface area contributed by atoms with Crippen LogP contribution in [0.2, 0.25) is 0 Å². The van der Waals surface area contributed by atoms with Gasteiger partial charge in [0.15, 0.2) is 0 Å². The molecule has 3 nitrogen and oxygen atoms in total. The van der Waals surface area contributed by atoms with Crippen molar-refractivity contribution in [2.45, 2.75) is 19.8 Å². The van der Waals surface area contributed by atoms with Crippen molar-refractivity contribution in [2.75, 3.05) is 13.7 Å². The van der Waals surface area contributed by atoms with E-state index < -0.39 is 0 Å². The maximum atomic E-state index is 11.2. The quantitative estimate of drug-likeness (QED) is 0.781. The van der Waals surface area contributed by atoms with E-state index in [1.165, 1.54) is 7.11 Å². The minimum Gasteiger partial charge on any atom is -0.493 e. The molecular formula is C12H15BrO3. The van der Waals surface area contributed by atoms with Crippen molar-refractivity contribution in [3.8, 4) is 5.75 Å². The van der Waals surface area contributed by atoms with Crippen LogP contribution in [0.25, 0.3) is 0 Å². The number of halogens is 1. The second-order valence-electron chi connectivity index (χ2n) is 3.35. The van der Waals surface area contributed by atoms with Gasteiger partial charge in [0.05, 0.1) is 20.1 Å². The molecule has 0 aliphatic rings. The van der Waals surface area contributed by atoms with Gasteiger partial charge in [0.2, 0.25) is 0 Å². The molecule has 0 fully saturated rings. The molecule has 0 spiro atoms. The minimum absolute atomic E-state index is 0.231. The fraction of sp³-hybridized carbons (Fsp3) is 0.417.